The number of hydrogen-bond acceptors (Lipinski definition) is 3. The number of rotatable bonds is 4. The van der Waals surface area contributed by atoms with Gasteiger partial charge in [-0.15, -0.1) is 0 Å². The molecule has 3 aromatic rings. The summed E-state index contributed by atoms with van der Waals surface area (Å²) in [5, 5.41) is 5.19. The summed E-state index contributed by atoms with van der Waals surface area (Å²) in [6, 6.07) is 19.9. The lowest BCUT2D eigenvalue weighted by molar-refractivity contribution is -0.136. The number of fused-ring (bicyclic) bond motifs is 3. The fourth-order valence-electron chi connectivity index (χ4n) is 5.11. The molecule has 2 aliphatic heterocycles. The van der Waals surface area contributed by atoms with E-state index in [9.17, 15) is 14.0 Å². The van der Waals surface area contributed by atoms with E-state index in [1.807, 2.05) is 18.2 Å². The standard InChI is InChI=1S/C27H25FN2O3/c1-33-26(31)25-23(20-9-8-18-4-2-3-5-19(18)14-20)15-22-12-13-24(25)30(22)27(32)29-16-17-6-10-21(28)11-7-17/h2-11,14,22,24H,12-13,15-16H2,1H3,(H,29,32)/t22-,24+/m0/s1. The summed E-state index contributed by atoms with van der Waals surface area (Å²) < 4.78 is 18.3. The van der Waals surface area contributed by atoms with Crippen LogP contribution in [0.2, 0.25) is 0 Å². The third-order valence-corrected chi connectivity index (χ3v) is 6.70. The van der Waals surface area contributed by atoms with Crippen LogP contribution in [0.5, 0.6) is 0 Å². The number of methoxy groups -OCH3 is 1. The Bertz CT molecular complexity index is 1250. The van der Waals surface area contributed by atoms with E-state index in [2.05, 4.69) is 29.6 Å². The first-order valence-corrected chi connectivity index (χ1v) is 11.2. The van der Waals surface area contributed by atoms with Crippen molar-refractivity contribution in [2.75, 3.05) is 7.11 Å². The highest BCUT2D eigenvalue weighted by molar-refractivity contribution is 6.02. The molecule has 168 valence electrons. The van der Waals surface area contributed by atoms with Gasteiger partial charge in [0.2, 0.25) is 0 Å². The van der Waals surface area contributed by atoms with Gasteiger partial charge in [0.25, 0.3) is 0 Å². The number of ether oxygens (including phenoxy) is 1. The second kappa shape index (κ2) is 8.70. The number of hydrogen-bond donors (Lipinski definition) is 1. The second-order valence-corrected chi connectivity index (χ2v) is 8.59. The van der Waals surface area contributed by atoms with Crippen molar-refractivity contribution in [3.63, 3.8) is 0 Å². The van der Waals surface area contributed by atoms with Crippen LogP contribution in [0, 0.1) is 5.82 Å². The number of carbonyl (C=O) groups excluding carboxylic acids is 2. The van der Waals surface area contributed by atoms with Gasteiger partial charge in [-0.2, -0.15) is 0 Å². The zero-order chi connectivity index (χ0) is 22.9. The van der Waals surface area contributed by atoms with Crippen LogP contribution >= 0.6 is 0 Å². The summed E-state index contributed by atoms with van der Waals surface area (Å²) in [4.78, 5) is 27.8. The summed E-state index contributed by atoms with van der Waals surface area (Å²) in [6.07, 6.45) is 2.14. The van der Waals surface area contributed by atoms with Crippen LogP contribution in [0.3, 0.4) is 0 Å². The molecule has 2 atom stereocenters. The van der Waals surface area contributed by atoms with Crippen LogP contribution in [0.25, 0.3) is 16.3 Å². The molecule has 1 N–H and O–H groups in total. The smallest absolute Gasteiger partial charge is 0.336 e. The van der Waals surface area contributed by atoms with Crippen LogP contribution < -0.4 is 5.32 Å². The Morgan fingerprint density at radius 3 is 2.55 bits per heavy atom. The molecule has 0 spiro atoms. The number of halogens is 1. The Hall–Kier alpha value is -3.67. The molecule has 0 aliphatic carbocycles. The topological polar surface area (TPSA) is 58.6 Å². The molecule has 3 aromatic carbocycles. The van der Waals surface area contributed by atoms with E-state index < -0.39 is 0 Å². The Morgan fingerprint density at radius 2 is 1.79 bits per heavy atom. The molecule has 5 nitrogen and oxygen atoms in total. The SMILES string of the molecule is COC(=O)C1=C(c2ccc3ccccc3c2)C[C@@H]2CC[C@H]1N2C(=O)NCc1ccc(F)cc1. The van der Waals surface area contributed by atoms with Gasteiger partial charge in [-0.25, -0.2) is 14.0 Å². The molecule has 2 bridgehead atoms. The summed E-state index contributed by atoms with van der Waals surface area (Å²) >= 11 is 0. The van der Waals surface area contributed by atoms with E-state index in [0.29, 0.717) is 18.5 Å². The van der Waals surface area contributed by atoms with Crippen LogP contribution in [0.15, 0.2) is 72.3 Å². The predicted octanol–water partition coefficient (Wildman–Crippen LogP) is 5.05. The molecular formula is C27H25FN2O3. The molecule has 2 amide bonds. The third kappa shape index (κ3) is 3.97. The van der Waals surface area contributed by atoms with Gasteiger partial charge in [0, 0.05) is 12.6 Å². The van der Waals surface area contributed by atoms with Gasteiger partial charge in [-0.1, -0.05) is 48.5 Å². The monoisotopic (exact) mass is 444 g/mol. The number of nitrogens with zero attached hydrogens (tertiary/aromatic N) is 1. The number of urea groups is 1. The molecule has 0 aromatic heterocycles. The van der Waals surface area contributed by atoms with Gasteiger partial charge < -0.3 is 15.0 Å². The normalized spacial score (nSPS) is 19.6. The molecule has 1 fully saturated rings. The molecule has 2 aliphatic rings. The van der Waals surface area contributed by atoms with E-state index in [-0.39, 0.29) is 29.9 Å². The van der Waals surface area contributed by atoms with Gasteiger partial charge in [0.15, 0.2) is 0 Å². The van der Waals surface area contributed by atoms with Gasteiger partial charge >= 0.3 is 12.0 Å². The van der Waals surface area contributed by atoms with E-state index >= 15 is 0 Å². The average Bonchev–Trinajstić information content (AvgIpc) is 3.16. The van der Waals surface area contributed by atoms with Crippen molar-refractivity contribution in [3.8, 4) is 0 Å². The van der Waals surface area contributed by atoms with Crippen molar-refractivity contribution in [1.82, 2.24) is 10.2 Å². The zero-order valence-electron chi connectivity index (χ0n) is 18.4. The van der Waals surface area contributed by atoms with E-state index in [0.717, 1.165) is 40.3 Å². The van der Waals surface area contributed by atoms with E-state index in [1.165, 1.54) is 19.2 Å². The van der Waals surface area contributed by atoms with Gasteiger partial charge in [0.1, 0.15) is 5.82 Å². The van der Waals surface area contributed by atoms with Crippen molar-refractivity contribution in [3.05, 3.63) is 89.2 Å². The molecule has 33 heavy (non-hydrogen) atoms. The number of benzene rings is 3. The fourth-order valence-corrected chi connectivity index (χ4v) is 5.11. The molecule has 2 heterocycles. The number of nitrogens with one attached hydrogen (secondary N) is 1. The van der Waals surface area contributed by atoms with E-state index in [1.54, 1.807) is 17.0 Å². The summed E-state index contributed by atoms with van der Waals surface area (Å²) in [7, 11) is 1.38. The summed E-state index contributed by atoms with van der Waals surface area (Å²) in [6.45, 7) is 0.295. The fraction of sp³-hybridized carbons (Fsp3) is 0.259. The summed E-state index contributed by atoms with van der Waals surface area (Å²) in [5.74, 6) is -0.701. The molecule has 0 unspecified atom stereocenters. The maximum absolute atomic E-state index is 13.2. The first kappa shape index (κ1) is 21.2. The maximum atomic E-state index is 13.2. The molecule has 6 heteroatoms. The van der Waals surface area contributed by atoms with Gasteiger partial charge in [-0.05, 0) is 64.9 Å². The molecule has 0 radical (unpaired) electrons. The largest absolute Gasteiger partial charge is 0.466 e. The van der Waals surface area contributed by atoms with Crippen molar-refractivity contribution in [2.24, 2.45) is 0 Å². The lowest BCUT2D eigenvalue weighted by atomic mass is 9.87. The number of amides is 2. The van der Waals surface area contributed by atoms with Crippen LogP contribution in [-0.4, -0.2) is 36.1 Å². The van der Waals surface area contributed by atoms with Crippen LogP contribution in [-0.2, 0) is 16.1 Å². The third-order valence-electron chi connectivity index (χ3n) is 6.70. The molecular weight excluding hydrogens is 419 g/mol. The Morgan fingerprint density at radius 1 is 1.03 bits per heavy atom. The molecule has 1 saturated heterocycles. The molecule has 0 saturated carbocycles. The Kier molecular flexibility index (Phi) is 5.58. The van der Waals surface area contributed by atoms with Gasteiger partial charge in [0.05, 0.1) is 18.7 Å². The Balaban J connectivity index is 1.45. The lowest BCUT2D eigenvalue weighted by Gasteiger charge is -2.37. The van der Waals surface area contributed by atoms with Crippen molar-refractivity contribution in [2.45, 2.75) is 37.9 Å². The average molecular weight is 445 g/mol. The van der Waals surface area contributed by atoms with E-state index in [4.69, 9.17) is 4.74 Å². The highest BCUT2D eigenvalue weighted by Crippen LogP contribution is 2.43. The van der Waals surface area contributed by atoms with Crippen molar-refractivity contribution < 1.29 is 18.7 Å². The lowest BCUT2D eigenvalue weighted by Crippen LogP contribution is -2.50. The highest BCUT2D eigenvalue weighted by atomic mass is 19.1. The minimum Gasteiger partial charge on any atom is -0.466 e. The molecule has 5 rings (SSSR count). The number of carbonyl (C=O) groups is 2. The zero-order valence-corrected chi connectivity index (χ0v) is 18.4. The predicted molar refractivity (Wildman–Crippen MR) is 125 cm³/mol. The first-order chi connectivity index (χ1) is 16.0. The minimum absolute atomic E-state index is 0.0121. The quantitative estimate of drug-likeness (QED) is 0.573. The highest BCUT2D eigenvalue weighted by Gasteiger charge is 2.46. The van der Waals surface area contributed by atoms with Crippen molar-refractivity contribution >= 4 is 28.3 Å². The van der Waals surface area contributed by atoms with Gasteiger partial charge in [-0.3, -0.25) is 0 Å². The minimum atomic E-state index is -0.389. The number of esters is 1. The Labute approximate surface area is 191 Å². The summed E-state index contributed by atoms with van der Waals surface area (Å²) in [5.41, 5.74) is 3.34. The van der Waals surface area contributed by atoms with Crippen LogP contribution in [0.1, 0.15) is 30.4 Å². The second-order valence-electron chi connectivity index (χ2n) is 8.59. The van der Waals surface area contributed by atoms with Crippen LogP contribution in [0.4, 0.5) is 9.18 Å². The maximum Gasteiger partial charge on any atom is 0.336 e. The first-order valence-electron chi connectivity index (χ1n) is 11.2. The van der Waals surface area contributed by atoms with Crippen molar-refractivity contribution in [1.29, 1.82) is 0 Å².